The lowest BCUT2D eigenvalue weighted by atomic mass is 10.1. The summed E-state index contributed by atoms with van der Waals surface area (Å²) in [4.78, 5) is 20.7. The summed E-state index contributed by atoms with van der Waals surface area (Å²) in [6.45, 7) is 3.14. The van der Waals surface area contributed by atoms with Crippen molar-refractivity contribution in [2.24, 2.45) is 0 Å². The molecule has 0 radical (unpaired) electrons. The highest BCUT2D eigenvalue weighted by molar-refractivity contribution is 5.65. The van der Waals surface area contributed by atoms with Gasteiger partial charge in [-0.1, -0.05) is 11.3 Å². The van der Waals surface area contributed by atoms with Crippen LogP contribution in [0.15, 0.2) is 36.9 Å². The standard InChI is InChI=1S/C21H23FN6O4/c1-14-19(31-16-5-8-27(9-6-16)21(29)30)23-13-24-20(14)32-18-3-2-15(12-17(18)22)4-10-28-11-7-25-26-28/h2-3,7,11-13,16H,4-6,8-10H2,1H3,(H,29,30). The van der Waals surface area contributed by atoms with Gasteiger partial charge in [-0.2, -0.15) is 0 Å². The van der Waals surface area contributed by atoms with Crippen LogP contribution in [0.1, 0.15) is 24.0 Å². The van der Waals surface area contributed by atoms with E-state index >= 15 is 0 Å². The van der Waals surface area contributed by atoms with Crippen LogP contribution < -0.4 is 9.47 Å². The van der Waals surface area contributed by atoms with Crippen LogP contribution in [0.3, 0.4) is 0 Å². The number of aromatic nitrogens is 5. The van der Waals surface area contributed by atoms with E-state index in [9.17, 15) is 9.18 Å². The maximum Gasteiger partial charge on any atom is 0.407 e. The molecule has 1 N–H and O–H groups in total. The van der Waals surface area contributed by atoms with Gasteiger partial charge in [-0.3, -0.25) is 4.68 Å². The highest BCUT2D eigenvalue weighted by atomic mass is 19.1. The molecule has 1 aromatic carbocycles. The summed E-state index contributed by atoms with van der Waals surface area (Å²) in [7, 11) is 0. The fraction of sp³-hybridized carbons (Fsp3) is 0.381. The number of benzene rings is 1. The molecule has 1 aliphatic rings. The summed E-state index contributed by atoms with van der Waals surface area (Å²) in [5.41, 5.74) is 1.35. The van der Waals surface area contributed by atoms with Crippen LogP contribution in [0.4, 0.5) is 9.18 Å². The topological polar surface area (TPSA) is 115 Å². The lowest BCUT2D eigenvalue weighted by molar-refractivity contribution is 0.0864. The summed E-state index contributed by atoms with van der Waals surface area (Å²) in [6, 6.07) is 4.78. The molecule has 4 rings (SSSR count). The first kappa shape index (κ1) is 21.5. The van der Waals surface area contributed by atoms with Gasteiger partial charge in [0.05, 0.1) is 11.8 Å². The number of nitrogens with zero attached hydrogens (tertiary/aromatic N) is 6. The van der Waals surface area contributed by atoms with Crippen LogP contribution in [0.5, 0.6) is 17.5 Å². The first-order chi connectivity index (χ1) is 15.5. The van der Waals surface area contributed by atoms with Crippen LogP contribution in [-0.2, 0) is 13.0 Å². The molecule has 0 spiro atoms. The number of carboxylic acid groups (broad SMARTS) is 1. The van der Waals surface area contributed by atoms with Crippen molar-refractivity contribution >= 4 is 6.09 Å². The van der Waals surface area contributed by atoms with Crippen molar-refractivity contribution in [2.75, 3.05) is 13.1 Å². The molecule has 0 saturated carbocycles. The molecule has 0 bridgehead atoms. The fourth-order valence-electron chi connectivity index (χ4n) is 3.45. The third kappa shape index (κ3) is 5.10. The number of amides is 1. The average molecular weight is 442 g/mol. The molecule has 3 heterocycles. The van der Waals surface area contributed by atoms with Crippen molar-refractivity contribution in [3.63, 3.8) is 0 Å². The second-order valence-electron chi connectivity index (χ2n) is 7.48. The molecule has 11 heteroatoms. The van der Waals surface area contributed by atoms with E-state index in [0.29, 0.717) is 50.3 Å². The summed E-state index contributed by atoms with van der Waals surface area (Å²) in [6.07, 6.45) is 5.30. The Balaban J connectivity index is 1.39. The number of aryl methyl sites for hydroxylation is 2. The van der Waals surface area contributed by atoms with Gasteiger partial charge in [-0.15, -0.1) is 5.10 Å². The fourth-order valence-corrected chi connectivity index (χ4v) is 3.45. The third-order valence-corrected chi connectivity index (χ3v) is 5.29. The summed E-state index contributed by atoms with van der Waals surface area (Å²) >= 11 is 0. The lowest BCUT2D eigenvalue weighted by Gasteiger charge is -2.30. The molecule has 0 aliphatic carbocycles. The molecule has 0 unspecified atom stereocenters. The molecule has 2 aromatic heterocycles. The molecule has 10 nitrogen and oxygen atoms in total. The van der Waals surface area contributed by atoms with Gasteiger partial charge in [-0.05, 0) is 31.0 Å². The Morgan fingerprint density at radius 3 is 2.72 bits per heavy atom. The largest absolute Gasteiger partial charge is 0.474 e. The Bertz CT molecular complexity index is 1070. The van der Waals surface area contributed by atoms with Gasteiger partial charge in [0.1, 0.15) is 12.4 Å². The van der Waals surface area contributed by atoms with Crippen molar-refractivity contribution in [1.29, 1.82) is 0 Å². The summed E-state index contributed by atoms with van der Waals surface area (Å²) in [5, 5.41) is 16.7. The van der Waals surface area contributed by atoms with Gasteiger partial charge in [0.2, 0.25) is 11.8 Å². The van der Waals surface area contributed by atoms with Crippen LogP contribution in [-0.4, -0.2) is 60.3 Å². The Labute approximate surface area is 183 Å². The maximum absolute atomic E-state index is 14.6. The smallest absolute Gasteiger partial charge is 0.407 e. The zero-order valence-corrected chi connectivity index (χ0v) is 17.5. The number of carbonyl (C=O) groups is 1. The van der Waals surface area contributed by atoms with Crippen LogP contribution in [0.2, 0.25) is 0 Å². The van der Waals surface area contributed by atoms with Crippen LogP contribution >= 0.6 is 0 Å². The van der Waals surface area contributed by atoms with Gasteiger partial charge in [0.15, 0.2) is 11.6 Å². The predicted molar refractivity (Wildman–Crippen MR) is 110 cm³/mol. The number of halogens is 1. The number of hydrogen-bond acceptors (Lipinski definition) is 7. The highest BCUT2D eigenvalue weighted by Gasteiger charge is 2.25. The molecule has 168 valence electrons. The molecule has 1 fully saturated rings. The normalized spacial score (nSPS) is 14.4. The van der Waals surface area contributed by atoms with Gasteiger partial charge >= 0.3 is 6.09 Å². The minimum absolute atomic E-state index is 0.0528. The van der Waals surface area contributed by atoms with Crippen molar-refractivity contribution in [3.8, 4) is 17.5 Å². The minimum Gasteiger partial charge on any atom is -0.474 e. The summed E-state index contributed by atoms with van der Waals surface area (Å²) < 4.78 is 28.0. The monoisotopic (exact) mass is 442 g/mol. The Hall–Kier alpha value is -3.76. The van der Waals surface area contributed by atoms with E-state index in [4.69, 9.17) is 14.6 Å². The zero-order chi connectivity index (χ0) is 22.5. The van der Waals surface area contributed by atoms with Crippen molar-refractivity contribution in [2.45, 2.75) is 38.8 Å². The first-order valence-electron chi connectivity index (χ1n) is 10.3. The van der Waals surface area contributed by atoms with Crippen LogP contribution in [0, 0.1) is 12.7 Å². The molecule has 32 heavy (non-hydrogen) atoms. The predicted octanol–water partition coefficient (Wildman–Crippen LogP) is 3.07. The van der Waals surface area contributed by atoms with Crippen molar-refractivity contribution < 1.29 is 23.8 Å². The number of likely N-dealkylation sites (tertiary alicyclic amines) is 1. The Morgan fingerprint density at radius 1 is 1.25 bits per heavy atom. The van der Waals surface area contributed by atoms with Crippen molar-refractivity contribution in [3.05, 3.63) is 53.9 Å². The zero-order valence-electron chi connectivity index (χ0n) is 17.5. The molecule has 3 aromatic rings. The number of ether oxygens (including phenoxy) is 2. The van der Waals surface area contributed by atoms with Gasteiger partial charge in [0, 0.05) is 38.7 Å². The third-order valence-electron chi connectivity index (χ3n) is 5.29. The molecular weight excluding hydrogens is 419 g/mol. The molecule has 1 amide bonds. The Kier molecular flexibility index (Phi) is 6.43. The molecular formula is C21H23FN6O4. The minimum atomic E-state index is -0.927. The van der Waals surface area contributed by atoms with E-state index in [1.165, 1.54) is 17.3 Å². The second kappa shape index (κ2) is 9.58. The van der Waals surface area contributed by atoms with E-state index < -0.39 is 11.9 Å². The number of piperidine rings is 1. The number of hydrogen-bond donors (Lipinski definition) is 1. The van der Waals surface area contributed by atoms with Gasteiger partial charge in [0.25, 0.3) is 0 Å². The SMILES string of the molecule is Cc1c(Oc2ccc(CCn3ccnn3)cc2F)ncnc1OC1CCN(C(=O)O)CC1. The van der Waals surface area contributed by atoms with E-state index in [1.807, 2.05) is 0 Å². The average Bonchev–Trinajstić information content (AvgIpc) is 3.31. The first-order valence-corrected chi connectivity index (χ1v) is 10.3. The maximum atomic E-state index is 14.6. The Morgan fingerprint density at radius 2 is 2.03 bits per heavy atom. The molecule has 1 saturated heterocycles. The molecule has 1 aliphatic heterocycles. The second-order valence-corrected chi connectivity index (χ2v) is 7.48. The van der Waals surface area contributed by atoms with E-state index in [0.717, 1.165) is 5.56 Å². The highest BCUT2D eigenvalue weighted by Crippen LogP contribution is 2.30. The van der Waals surface area contributed by atoms with E-state index in [-0.39, 0.29) is 17.7 Å². The van der Waals surface area contributed by atoms with Gasteiger partial charge < -0.3 is 19.5 Å². The van der Waals surface area contributed by atoms with Crippen LogP contribution in [0.25, 0.3) is 0 Å². The number of rotatable bonds is 7. The van der Waals surface area contributed by atoms with Gasteiger partial charge in [-0.25, -0.2) is 19.2 Å². The van der Waals surface area contributed by atoms with E-state index in [2.05, 4.69) is 20.3 Å². The van der Waals surface area contributed by atoms with Crippen molar-refractivity contribution in [1.82, 2.24) is 29.9 Å². The molecule has 0 atom stereocenters. The summed E-state index contributed by atoms with van der Waals surface area (Å²) in [5.74, 6) is 0.0977. The quantitative estimate of drug-likeness (QED) is 0.594. The lowest BCUT2D eigenvalue weighted by Crippen LogP contribution is -2.41. The van der Waals surface area contributed by atoms with E-state index in [1.54, 1.807) is 36.1 Å².